The molecule has 1 unspecified atom stereocenters. The summed E-state index contributed by atoms with van der Waals surface area (Å²) in [4.78, 5) is 0. The van der Waals surface area contributed by atoms with Gasteiger partial charge in [-0.25, -0.2) is 4.68 Å². The third-order valence-corrected chi connectivity index (χ3v) is 4.69. The Morgan fingerprint density at radius 3 is 2.76 bits per heavy atom. The van der Waals surface area contributed by atoms with Crippen molar-refractivity contribution in [3.8, 4) is 11.4 Å². The average molecular weight is 336 g/mol. The van der Waals surface area contributed by atoms with E-state index in [0.29, 0.717) is 19.6 Å². The number of aliphatic hydroxyl groups is 1. The Morgan fingerprint density at radius 2 is 1.92 bits per heavy atom. The zero-order chi connectivity index (χ0) is 17.1. The number of rotatable bonds is 5. The van der Waals surface area contributed by atoms with Crippen LogP contribution in [-0.2, 0) is 12.1 Å². The number of aromatic nitrogens is 3. The Morgan fingerprint density at radius 1 is 1.12 bits per heavy atom. The monoisotopic (exact) mass is 336 g/mol. The molecule has 2 aromatic carbocycles. The highest BCUT2D eigenvalue weighted by Crippen LogP contribution is 2.36. The molecular formula is C19H20N4O2. The number of aliphatic hydroxyl groups excluding tert-OH is 1. The Labute approximate surface area is 146 Å². The Hall–Kier alpha value is -2.70. The lowest BCUT2D eigenvalue weighted by atomic mass is 9.85. The van der Waals surface area contributed by atoms with E-state index in [9.17, 15) is 5.11 Å². The highest BCUT2D eigenvalue weighted by atomic mass is 16.5. The second-order valence-corrected chi connectivity index (χ2v) is 6.16. The fraction of sp³-hybridized carbons (Fsp3) is 0.263. The molecule has 128 valence electrons. The first-order valence-corrected chi connectivity index (χ1v) is 8.36. The van der Waals surface area contributed by atoms with Gasteiger partial charge in [-0.15, -0.1) is 5.10 Å². The van der Waals surface area contributed by atoms with Crippen LogP contribution in [0.4, 0.5) is 0 Å². The largest absolute Gasteiger partial charge is 0.493 e. The predicted octanol–water partition coefficient (Wildman–Crippen LogP) is 2.03. The second-order valence-electron chi connectivity index (χ2n) is 6.16. The van der Waals surface area contributed by atoms with E-state index < -0.39 is 5.54 Å². The normalized spacial score (nSPS) is 19.2. The first-order valence-electron chi connectivity index (χ1n) is 8.36. The fourth-order valence-corrected chi connectivity index (χ4v) is 3.28. The maximum atomic E-state index is 10.1. The molecule has 2 N–H and O–H groups in total. The highest BCUT2D eigenvalue weighted by Gasteiger charge is 2.37. The second kappa shape index (κ2) is 6.66. The van der Waals surface area contributed by atoms with Crippen molar-refractivity contribution >= 4 is 0 Å². The number of ether oxygens (including phenoxy) is 1. The lowest BCUT2D eigenvalue weighted by molar-refractivity contribution is 0.105. The molecule has 1 aliphatic heterocycles. The van der Waals surface area contributed by atoms with Crippen LogP contribution < -0.4 is 10.1 Å². The molecule has 0 bridgehead atoms. The summed E-state index contributed by atoms with van der Waals surface area (Å²) in [6, 6.07) is 17.7. The number of fused-ring (bicyclic) bond motifs is 1. The SMILES string of the molecule is OCC1(NCc2cnnn2-c2ccccc2)CCOc2ccccc21. The van der Waals surface area contributed by atoms with E-state index in [0.717, 1.165) is 22.7 Å². The van der Waals surface area contributed by atoms with Gasteiger partial charge in [-0.1, -0.05) is 41.6 Å². The van der Waals surface area contributed by atoms with E-state index >= 15 is 0 Å². The van der Waals surface area contributed by atoms with Gasteiger partial charge >= 0.3 is 0 Å². The van der Waals surface area contributed by atoms with Crippen molar-refractivity contribution in [2.45, 2.75) is 18.5 Å². The standard InChI is InChI=1S/C19H20N4O2/c24-14-19(10-11-25-18-9-5-4-8-17(18)19)20-12-16-13-21-22-23(16)15-6-2-1-3-7-15/h1-9,13,20,24H,10-12,14H2. The molecule has 0 fully saturated rings. The van der Waals surface area contributed by atoms with Crippen molar-refractivity contribution in [2.24, 2.45) is 0 Å². The van der Waals surface area contributed by atoms with E-state index in [4.69, 9.17) is 4.74 Å². The van der Waals surface area contributed by atoms with Gasteiger partial charge in [0.05, 0.1) is 36.3 Å². The number of para-hydroxylation sites is 2. The first kappa shape index (κ1) is 15.8. The van der Waals surface area contributed by atoms with E-state index in [1.54, 1.807) is 6.20 Å². The maximum absolute atomic E-state index is 10.1. The molecular weight excluding hydrogens is 316 g/mol. The molecule has 0 radical (unpaired) electrons. The summed E-state index contributed by atoms with van der Waals surface area (Å²) in [7, 11) is 0. The van der Waals surface area contributed by atoms with Crippen LogP contribution in [0.3, 0.4) is 0 Å². The van der Waals surface area contributed by atoms with Crippen LogP contribution in [0.25, 0.3) is 5.69 Å². The minimum absolute atomic E-state index is 0.000274. The van der Waals surface area contributed by atoms with E-state index in [2.05, 4.69) is 15.6 Å². The predicted molar refractivity (Wildman–Crippen MR) is 93.5 cm³/mol. The smallest absolute Gasteiger partial charge is 0.124 e. The summed E-state index contributed by atoms with van der Waals surface area (Å²) in [6.45, 7) is 1.11. The van der Waals surface area contributed by atoms with Gasteiger partial charge in [0.1, 0.15) is 5.75 Å². The number of benzene rings is 2. The van der Waals surface area contributed by atoms with Crippen LogP contribution in [0.1, 0.15) is 17.7 Å². The summed E-state index contributed by atoms with van der Waals surface area (Å²) in [5.41, 5.74) is 2.35. The van der Waals surface area contributed by atoms with E-state index in [1.807, 2.05) is 59.3 Å². The van der Waals surface area contributed by atoms with Gasteiger partial charge in [-0.05, 0) is 18.2 Å². The average Bonchev–Trinajstić information content (AvgIpc) is 3.16. The lowest BCUT2D eigenvalue weighted by Gasteiger charge is -2.38. The van der Waals surface area contributed by atoms with E-state index in [1.165, 1.54) is 0 Å². The minimum atomic E-state index is -0.527. The van der Waals surface area contributed by atoms with Crippen LogP contribution in [0.5, 0.6) is 5.75 Å². The van der Waals surface area contributed by atoms with Gasteiger partial charge in [-0.2, -0.15) is 0 Å². The summed E-state index contributed by atoms with van der Waals surface area (Å²) in [5, 5.41) is 21.9. The van der Waals surface area contributed by atoms with Crippen LogP contribution in [0, 0.1) is 0 Å². The summed E-state index contributed by atoms with van der Waals surface area (Å²) in [5.74, 6) is 0.824. The quantitative estimate of drug-likeness (QED) is 0.746. The zero-order valence-electron chi connectivity index (χ0n) is 13.8. The minimum Gasteiger partial charge on any atom is -0.493 e. The number of hydrogen-bond donors (Lipinski definition) is 2. The van der Waals surface area contributed by atoms with Crippen molar-refractivity contribution in [3.63, 3.8) is 0 Å². The van der Waals surface area contributed by atoms with Gasteiger partial charge < -0.3 is 9.84 Å². The molecule has 1 aromatic heterocycles. The number of nitrogens with one attached hydrogen (secondary N) is 1. The molecule has 1 aliphatic rings. The van der Waals surface area contributed by atoms with Crippen molar-refractivity contribution in [1.82, 2.24) is 20.3 Å². The van der Waals surface area contributed by atoms with Gasteiger partial charge in [0.2, 0.25) is 0 Å². The van der Waals surface area contributed by atoms with Crippen LogP contribution >= 0.6 is 0 Å². The molecule has 0 saturated heterocycles. The lowest BCUT2D eigenvalue weighted by Crippen LogP contribution is -2.48. The molecule has 0 spiro atoms. The zero-order valence-corrected chi connectivity index (χ0v) is 13.8. The van der Waals surface area contributed by atoms with Crippen molar-refractivity contribution in [1.29, 1.82) is 0 Å². The van der Waals surface area contributed by atoms with Gasteiger partial charge in [-0.3, -0.25) is 5.32 Å². The van der Waals surface area contributed by atoms with Gasteiger partial charge in [0.25, 0.3) is 0 Å². The highest BCUT2D eigenvalue weighted by molar-refractivity contribution is 5.41. The summed E-state index contributed by atoms with van der Waals surface area (Å²) >= 11 is 0. The van der Waals surface area contributed by atoms with Gasteiger partial charge in [0, 0.05) is 18.5 Å². The summed E-state index contributed by atoms with van der Waals surface area (Å²) < 4.78 is 7.54. The molecule has 6 nitrogen and oxygen atoms in total. The van der Waals surface area contributed by atoms with Crippen molar-refractivity contribution in [2.75, 3.05) is 13.2 Å². The molecule has 2 heterocycles. The molecule has 0 saturated carbocycles. The topological polar surface area (TPSA) is 72.2 Å². The van der Waals surface area contributed by atoms with Gasteiger partial charge in [0.15, 0.2) is 0 Å². The van der Waals surface area contributed by atoms with Crippen molar-refractivity contribution in [3.05, 3.63) is 72.1 Å². The molecule has 1 atom stereocenters. The number of hydrogen-bond acceptors (Lipinski definition) is 5. The van der Waals surface area contributed by atoms with Crippen LogP contribution in [0.2, 0.25) is 0 Å². The van der Waals surface area contributed by atoms with Crippen LogP contribution in [-0.4, -0.2) is 33.3 Å². The molecule has 4 rings (SSSR count). The van der Waals surface area contributed by atoms with E-state index in [-0.39, 0.29) is 6.61 Å². The third kappa shape index (κ3) is 2.90. The van der Waals surface area contributed by atoms with Crippen molar-refractivity contribution < 1.29 is 9.84 Å². The Bertz CT molecular complexity index is 849. The molecule has 6 heteroatoms. The Balaban J connectivity index is 1.61. The molecule has 25 heavy (non-hydrogen) atoms. The Kier molecular flexibility index (Phi) is 4.21. The molecule has 0 aliphatic carbocycles. The fourth-order valence-electron chi connectivity index (χ4n) is 3.28. The van der Waals surface area contributed by atoms with Crippen LogP contribution in [0.15, 0.2) is 60.8 Å². The summed E-state index contributed by atoms with van der Waals surface area (Å²) in [6.07, 6.45) is 2.45. The third-order valence-electron chi connectivity index (χ3n) is 4.69. The maximum Gasteiger partial charge on any atom is 0.124 e. The molecule has 0 amide bonds. The molecule has 3 aromatic rings. The first-order chi connectivity index (χ1) is 12.3. The number of nitrogens with zero attached hydrogens (tertiary/aromatic N) is 3.